The molecule has 0 bridgehead atoms. The lowest BCUT2D eigenvalue weighted by atomic mass is 9.80. The van der Waals surface area contributed by atoms with E-state index in [1.165, 1.54) is 16.0 Å². The van der Waals surface area contributed by atoms with Crippen molar-refractivity contribution in [3.8, 4) is 0 Å². The van der Waals surface area contributed by atoms with Crippen LogP contribution < -0.4 is 20.3 Å². The van der Waals surface area contributed by atoms with Gasteiger partial charge in [-0.2, -0.15) is 4.68 Å². The minimum atomic E-state index is -1.18. The highest BCUT2D eigenvalue weighted by Crippen LogP contribution is 2.53. The molecular weight excluding hydrogens is 450 g/mol. The first-order valence-electron chi connectivity index (χ1n) is 10.8. The third-order valence-electron chi connectivity index (χ3n) is 6.59. The summed E-state index contributed by atoms with van der Waals surface area (Å²) in [6.07, 6.45) is 3.27. The van der Waals surface area contributed by atoms with E-state index in [2.05, 4.69) is 5.43 Å². The molecule has 8 nitrogen and oxygen atoms in total. The van der Waals surface area contributed by atoms with Crippen LogP contribution in [0.25, 0.3) is 6.08 Å². The lowest BCUT2D eigenvalue weighted by Gasteiger charge is -2.49. The number of thiazole rings is 1. The summed E-state index contributed by atoms with van der Waals surface area (Å²) in [5, 5.41) is 0. The van der Waals surface area contributed by atoms with Gasteiger partial charge in [0.15, 0.2) is 0 Å². The standard InChI is InChI=1S/C25H21N5O3S/c1-28-23(32)29(2)25(18-12-7-4-8-13-18)24(28,17-10-5-3-6-11-17)26-22-30(27-25)21(31)20(34-22)16-19-14-9-15-33-19/h3-16,27H,1-2H3/b20-16-/t24-,25+/m0/s1. The number of nitrogens with zero attached hydrogens (tertiary/aromatic N) is 4. The van der Waals surface area contributed by atoms with E-state index in [9.17, 15) is 9.59 Å². The normalized spacial score (nSPS) is 23.9. The Morgan fingerprint density at radius 3 is 2.24 bits per heavy atom. The number of amides is 2. The predicted octanol–water partition coefficient (Wildman–Crippen LogP) is 2.21. The average molecular weight is 472 g/mol. The van der Waals surface area contributed by atoms with Gasteiger partial charge in [-0.05, 0) is 12.1 Å². The molecule has 0 radical (unpaired) electrons. The molecule has 2 aromatic heterocycles. The molecule has 0 saturated carbocycles. The van der Waals surface area contributed by atoms with E-state index in [-0.39, 0.29) is 11.6 Å². The molecule has 2 atom stereocenters. The monoisotopic (exact) mass is 471 g/mol. The first-order valence-corrected chi connectivity index (χ1v) is 11.6. The number of urea groups is 1. The van der Waals surface area contributed by atoms with Gasteiger partial charge in [0, 0.05) is 31.3 Å². The Morgan fingerprint density at radius 1 is 0.912 bits per heavy atom. The number of benzene rings is 2. The summed E-state index contributed by atoms with van der Waals surface area (Å²) in [6, 6.07) is 22.7. The van der Waals surface area contributed by atoms with Gasteiger partial charge in [0.25, 0.3) is 5.56 Å². The van der Waals surface area contributed by atoms with Crippen LogP contribution in [0.1, 0.15) is 16.9 Å². The van der Waals surface area contributed by atoms with Gasteiger partial charge in [-0.25, -0.2) is 9.79 Å². The van der Waals surface area contributed by atoms with Gasteiger partial charge < -0.3 is 4.42 Å². The van der Waals surface area contributed by atoms with E-state index in [1.54, 1.807) is 48.4 Å². The van der Waals surface area contributed by atoms with Crippen LogP contribution >= 0.6 is 11.3 Å². The molecule has 0 aliphatic carbocycles. The Balaban J connectivity index is 1.74. The third-order valence-corrected chi connectivity index (χ3v) is 7.56. The van der Waals surface area contributed by atoms with Crippen molar-refractivity contribution in [2.45, 2.75) is 11.3 Å². The lowest BCUT2D eigenvalue weighted by Crippen LogP contribution is -2.67. The van der Waals surface area contributed by atoms with Crippen molar-refractivity contribution >= 4 is 23.4 Å². The van der Waals surface area contributed by atoms with Crippen LogP contribution in [0.2, 0.25) is 0 Å². The molecule has 2 amide bonds. The highest BCUT2D eigenvalue weighted by atomic mass is 32.1. The molecule has 1 N–H and O–H groups in total. The van der Waals surface area contributed by atoms with Crippen molar-refractivity contribution in [1.82, 2.24) is 14.5 Å². The summed E-state index contributed by atoms with van der Waals surface area (Å²) in [7, 11) is 3.48. The second-order valence-corrected chi connectivity index (χ2v) is 9.30. The van der Waals surface area contributed by atoms with Crippen molar-refractivity contribution in [2.24, 2.45) is 4.99 Å². The summed E-state index contributed by atoms with van der Waals surface area (Å²) in [5.41, 5.74) is 2.48. The average Bonchev–Trinajstić information content (AvgIpc) is 3.54. The number of furan rings is 1. The van der Waals surface area contributed by atoms with E-state index in [4.69, 9.17) is 9.41 Å². The number of rotatable bonds is 3. The maximum Gasteiger partial charge on any atom is 0.324 e. The Morgan fingerprint density at radius 2 is 1.59 bits per heavy atom. The lowest BCUT2D eigenvalue weighted by molar-refractivity contribution is 0.0648. The smallest absolute Gasteiger partial charge is 0.324 e. The van der Waals surface area contributed by atoms with Gasteiger partial charge in [0.05, 0.1) is 6.26 Å². The molecule has 4 heterocycles. The van der Waals surface area contributed by atoms with Crippen LogP contribution in [-0.2, 0) is 11.3 Å². The van der Waals surface area contributed by atoms with Gasteiger partial charge in [-0.3, -0.25) is 20.0 Å². The van der Waals surface area contributed by atoms with Crippen molar-refractivity contribution in [1.29, 1.82) is 0 Å². The quantitative estimate of drug-likeness (QED) is 0.497. The molecular formula is C25H21N5O3S. The Labute approximate surface area is 198 Å². The topological polar surface area (TPSA) is 83.1 Å². The fourth-order valence-corrected chi connectivity index (χ4v) is 5.97. The number of nitrogens with one attached hydrogen (secondary N) is 1. The zero-order valence-electron chi connectivity index (χ0n) is 18.5. The largest absolute Gasteiger partial charge is 0.465 e. The first kappa shape index (κ1) is 20.5. The molecule has 2 aliphatic rings. The molecule has 9 heteroatoms. The second kappa shape index (κ2) is 7.19. The summed E-state index contributed by atoms with van der Waals surface area (Å²) in [4.78, 5) is 35.9. The fourth-order valence-electron chi connectivity index (χ4n) is 5.02. The minimum Gasteiger partial charge on any atom is -0.465 e. The molecule has 0 unspecified atom stereocenters. The zero-order chi connectivity index (χ0) is 23.5. The number of aromatic nitrogens is 1. The Kier molecular flexibility index (Phi) is 4.34. The van der Waals surface area contributed by atoms with Crippen LogP contribution in [0.15, 0.2) is 93.3 Å². The maximum absolute atomic E-state index is 13.5. The van der Waals surface area contributed by atoms with Crippen LogP contribution in [0.3, 0.4) is 0 Å². The first-order chi connectivity index (χ1) is 16.5. The minimum absolute atomic E-state index is 0.213. The Bertz CT molecular complexity index is 1560. The van der Waals surface area contributed by atoms with Gasteiger partial charge in [0.1, 0.15) is 10.3 Å². The van der Waals surface area contributed by atoms with E-state index < -0.39 is 11.3 Å². The molecule has 1 fully saturated rings. The molecule has 2 aliphatic heterocycles. The van der Waals surface area contributed by atoms with Crippen molar-refractivity contribution in [2.75, 3.05) is 19.5 Å². The van der Waals surface area contributed by atoms with Crippen LogP contribution in [0.5, 0.6) is 0 Å². The second-order valence-electron chi connectivity index (χ2n) is 8.29. The van der Waals surface area contributed by atoms with Crippen molar-refractivity contribution in [3.05, 3.63) is 116 Å². The van der Waals surface area contributed by atoms with E-state index in [0.29, 0.717) is 15.1 Å². The molecule has 2 aromatic carbocycles. The Hall–Kier alpha value is -4.11. The SMILES string of the molecule is CN1C(=O)N(C)[C@]2(c3ccccc3)N=c3s/c(=C\c4ccco4)c(=O)n3N[C@]12c1ccccc1. The molecule has 4 aromatic rings. The fraction of sp³-hybridized carbons (Fsp3) is 0.160. The van der Waals surface area contributed by atoms with Gasteiger partial charge in [-0.15, -0.1) is 0 Å². The van der Waals surface area contributed by atoms with E-state index in [0.717, 1.165) is 11.1 Å². The molecule has 1 saturated heterocycles. The summed E-state index contributed by atoms with van der Waals surface area (Å²) in [5.74, 6) is 0.580. The molecule has 6 rings (SSSR count). The van der Waals surface area contributed by atoms with Crippen molar-refractivity contribution < 1.29 is 9.21 Å². The van der Waals surface area contributed by atoms with E-state index in [1.807, 2.05) is 60.7 Å². The summed E-state index contributed by atoms with van der Waals surface area (Å²) in [6.45, 7) is 0. The highest BCUT2D eigenvalue weighted by Gasteiger charge is 2.69. The highest BCUT2D eigenvalue weighted by molar-refractivity contribution is 7.07. The molecule has 34 heavy (non-hydrogen) atoms. The third kappa shape index (κ3) is 2.50. The van der Waals surface area contributed by atoms with Gasteiger partial charge in [-0.1, -0.05) is 72.0 Å². The van der Waals surface area contributed by atoms with Crippen LogP contribution in [-0.4, -0.2) is 34.6 Å². The van der Waals surface area contributed by atoms with E-state index >= 15 is 0 Å². The van der Waals surface area contributed by atoms with Gasteiger partial charge in [0.2, 0.25) is 16.1 Å². The predicted molar refractivity (Wildman–Crippen MR) is 128 cm³/mol. The number of hydrogen-bond donors (Lipinski definition) is 1. The maximum atomic E-state index is 13.5. The summed E-state index contributed by atoms with van der Waals surface area (Å²) < 4.78 is 7.33. The van der Waals surface area contributed by atoms with Gasteiger partial charge >= 0.3 is 6.03 Å². The number of fused-ring (bicyclic) bond motifs is 2. The number of hydrogen-bond acceptors (Lipinski definition) is 6. The van der Waals surface area contributed by atoms with Crippen LogP contribution in [0.4, 0.5) is 4.79 Å². The number of likely N-dealkylation sites (N-methyl/N-ethyl adjacent to an activating group) is 2. The molecule has 0 spiro atoms. The van der Waals surface area contributed by atoms with Crippen LogP contribution in [0, 0.1) is 0 Å². The van der Waals surface area contributed by atoms with Crippen molar-refractivity contribution in [3.63, 3.8) is 0 Å². The zero-order valence-corrected chi connectivity index (χ0v) is 19.3. The molecule has 170 valence electrons. The number of carbonyl (C=O) groups is 1. The summed E-state index contributed by atoms with van der Waals surface area (Å²) >= 11 is 1.25. The number of carbonyl (C=O) groups excluding carboxylic acids is 1.